The van der Waals surface area contributed by atoms with Gasteiger partial charge in [0.05, 0.1) is 10.2 Å². The van der Waals surface area contributed by atoms with E-state index in [2.05, 4.69) is 33.2 Å². The topological polar surface area (TPSA) is 42.0 Å². The second kappa shape index (κ2) is 8.14. The number of anilines is 1. The van der Waals surface area contributed by atoms with E-state index >= 15 is 0 Å². The first kappa shape index (κ1) is 17.5. The van der Waals surface area contributed by atoms with Crippen LogP contribution < -0.4 is 5.32 Å². The maximum Gasteiger partial charge on any atom is 0.255 e. The monoisotopic (exact) mass is 420 g/mol. The van der Waals surface area contributed by atoms with Crippen molar-refractivity contribution >= 4 is 60.8 Å². The van der Waals surface area contributed by atoms with Gasteiger partial charge in [0.1, 0.15) is 0 Å². The molecule has 0 aliphatic rings. The Balaban J connectivity index is 1.74. The van der Waals surface area contributed by atoms with Crippen LogP contribution in [0.3, 0.4) is 0 Å². The van der Waals surface area contributed by atoms with E-state index in [1.165, 1.54) is 12.8 Å². The minimum atomic E-state index is -0.113. The summed E-state index contributed by atoms with van der Waals surface area (Å²) < 4.78 is 3.08. The summed E-state index contributed by atoms with van der Waals surface area (Å²) in [5.41, 5.74) is 2.41. The molecule has 3 aromatic rings. The minimum absolute atomic E-state index is 0.113. The number of unbranched alkanes of at least 4 members (excludes halogenated alkanes) is 1. The normalized spacial score (nSPS) is 10.9. The van der Waals surface area contributed by atoms with Gasteiger partial charge in [-0.1, -0.05) is 47.1 Å². The van der Waals surface area contributed by atoms with Gasteiger partial charge in [0, 0.05) is 21.5 Å². The maximum absolute atomic E-state index is 12.3. The standard InChI is InChI=1S/C18H17BrN2OS2/c1-2-3-9-23-18-21-15-8-7-14(11-16(15)24-18)20-17(22)12-5-4-6-13(19)10-12/h4-8,10-11H,2-3,9H2,1H3,(H,20,22). The van der Waals surface area contributed by atoms with E-state index in [1.54, 1.807) is 29.2 Å². The lowest BCUT2D eigenvalue weighted by molar-refractivity contribution is 0.102. The summed E-state index contributed by atoms with van der Waals surface area (Å²) in [5, 5.41) is 2.95. The summed E-state index contributed by atoms with van der Waals surface area (Å²) in [6, 6.07) is 13.2. The number of halogens is 1. The van der Waals surface area contributed by atoms with E-state index in [0.717, 1.165) is 30.5 Å². The molecule has 0 saturated heterocycles. The number of aromatic nitrogens is 1. The third kappa shape index (κ3) is 4.37. The zero-order valence-corrected chi connectivity index (χ0v) is 16.4. The van der Waals surface area contributed by atoms with Crippen LogP contribution in [0.4, 0.5) is 5.69 Å². The molecule has 0 atom stereocenters. The number of thiazole rings is 1. The molecule has 0 bridgehead atoms. The van der Waals surface area contributed by atoms with Crippen molar-refractivity contribution in [1.82, 2.24) is 4.98 Å². The first-order chi connectivity index (χ1) is 11.7. The number of amides is 1. The number of hydrogen-bond acceptors (Lipinski definition) is 4. The first-order valence-corrected chi connectivity index (χ1v) is 10.4. The molecule has 1 aromatic heterocycles. The number of fused-ring (bicyclic) bond motifs is 1. The van der Waals surface area contributed by atoms with Gasteiger partial charge >= 0.3 is 0 Å². The van der Waals surface area contributed by atoms with Crippen LogP contribution >= 0.6 is 39.0 Å². The molecule has 0 unspecified atom stereocenters. The van der Waals surface area contributed by atoms with Gasteiger partial charge in [-0.15, -0.1) is 11.3 Å². The number of carbonyl (C=O) groups excluding carboxylic acids is 1. The molecule has 0 aliphatic heterocycles. The second-order valence-corrected chi connectivity index (χ2v) is 8.62. The number of benzene rings is 2. The number of rotatable bonds is 6. The zero-order valence-electron chi connectivity index (χ0n) is 13.2. The molecule has 3 rings (SSSR count). The van der Waals surface area contributed by atoms with Crippen LogP contribution in [0.2, 0.25) is 0 Å². The van der Waals surface area contributed by atoms with Crippen molar-refractivity contribution in [2.45, 2.75) is 24.1 Å². The van der Waals surface area contributed by atoms with Gasteiger partial charge in [0.15, 0.2) is 4.34 Å². The van der Waals surface area contributed by atoms with Crippen LogP contribution in [0.15, 0.2) is 51.3 Å². The van der Waals surface area contributed by atoms with Crippen molar-refractivity contribution in [3.05, 3.63) is 52.5 Å². The number of thioether (sulfide) groups is 1. The van der Waals surface area contributed by atoms with E-state index < -0.39 is 0 Å². The Morgan fingerprint density at radius 2 is 2.17 bits per heavy atom. The molecule has 2 aromatic carbocycles. The average Bonchev–Trinajstić information content (AvgIpc) is 2.97. The van der Waals surface area contributed by atoms with Crippen LogP contribution in [0.5, 0.6) is 0 Å². The smallest absolute Gasteiger partial charge is 0.255 e. The first-order valence-electron chi connectivity index (χ1n) is 7.76. The van der Waals surface area contributed by atoms with E-state index in [0.29, 0.717) is 5.56 Å². The predicted octanol–water partition coefficient (Wildman–Crippen LogP) is 6.20. The molecule has 1 N–H and O–H groups in total. The highest BCUT2D eigenvalue weighted by Gasteiger charge is 2.09. The Morgan fingerprint density at radius 1 is 1.29 bits per heavy atom. The van der Waals surface area contributed by atoms with Crippen LogP contribution in [0.25, 0.3) is 10.2 Å². The maximum atomic E-state index is 12.3. The fourth-order valence-corrected chi connectivity index (χ4v) is 4.84. The number of nitrogens with zero attached hydrogens (tertiary/aromatic N) is 1. The number of carbonyl (C=O) groups is 1. The van der Waals surface area contributed by atoms with E-state index in [9.17, 15) is 4.79 Å². The molecular formula is C18H17BrN2OS2. The molecule has 124 valence electrons. The molecule has 0 aliphatic carbocycles. The lowest BCUT2D eigenvalue weighted by Crippen LogP contribution is -2.11. The van der Waals surface area contributed by atoms with Crippen molar-refractivity contribution in [1.29, 1.82) is 0 Å². The van der Waals surface area contributed by atoms with Crippen molar-refractivity contribution in [3.8, 4) is 0 Å². The highest BCUT2D eigenvalue weighted by molar-refractivity contribution is 9.10. The number of nitrogens with one attached hydrogen (secondary N) is 1. The molecule has 6 heteroatoms. The van der Waals surface area contributed by atoms with Crippen LogP contribution in [-0.2, 0) is 0 Å². The van der Waals surface area contributed by atoms with E-state index in [-0.39, 0.29) is 5.91 Å². The molecule has 0 radical (unpaired) electrons. The van der Waals surface area contributed by atoms with Crippen molar-refractivity contribution in [2.24, 2.45) is 0 Å². The third-order valence-electron chi connectivity index (χ3n) is 3.44. The van der Waals surface area contributed by atoms with Gasteiger partial charge in [-0.25, -0.2) is 4.98 Å². The van der Waals surface area contributed by atoms with Gasteiger partial charge in [-0.3, -0.25) is 4.79 Å². The fraction of sp³-hybridized carbons (Fsp3) is 0.222. The molecule has 1 amide bonds. The quantitative estimate of drug-likeness (QED) is 0.380. The molecule has 3 nitrogen and oxygen atoms in total. The zero-order chi connectivity index (χ0) is 16.9. The lowest BCUT2D eigenvalue weighted by atomic mass is 10.2. The lowest BCUT2D eigenvalue weighted by Gasteiger charge is -2.05. The van der Waals surface area contributed by atoms with Gasteiger partial charge < -0.3 is 5.32 Å². The Hall–Kier alpha value is -1.37. The molecule has 24 heavy (non-hydrogen) atoms. The SMILES string of the molecule is CCCCSc1nc2ccc(NC(=O)c3cccc(Br)c3)cc2s1. The Kier molecular flexibility index (Phi) is 5.92. The summed E-state index contributed by atoms with van der Waals surface area (Å²) in [7, 11) is 0. The van der Waals surface area contributed by atoms with Crippen LogP contribution in [0.1, 0.15) is 30.1 Å². The summed E-state index contributed by atoms with van der Waals surface area (Å²) >= 11 is 6.87. The molecule has 0 saturated carbocycles. The molecule has 0 spiro atoms. The summed E-state index contributed by atoms with van der Waals surface area (Å²) in [5.74, 6) is 0.987. The summed E-state index contributed by atoms with van der Waals surface area (Å²) in [6.07, 6.45) is 2.40. The van der Waals surface area contributed by atoms with Gasteiger partial charge in [0.25, 0.3) is 5.91 Å². The largest absolute Gasteiger partial charge is 0.322 e. The van der Waals surface area contributed by atoms with Crippen molar-refractivity contribution in [2.75, 3.05) is 11.1 Å². The van der Waals surface area contributed by atoms with Crippen molar-refractivity contribution in [3.63, 3.8) is 0 Å². The Labute approximate surface area is 158 Å². The average molecular weight is 421 g/mol. The van der Waals surface area contributed by atoms with Crippen LogP contribution in [0, 0.1) is 0 Å². The third-order valence-corrected chi connectivity index (χ3v) is 6.18. The van der Waals surface area contributed by atoms with Gasteiger partial charge in [-0.2, -0.15) is 0 Å². The predicted molar refractivity (Wildman–Crippen MR) is 107 cm³/mol. The van der Waals surface area contributed by atoms with E-state index in [4.69, 9.17) is 0 Å². The van der Waals surface area contributed by atoms with E-state index in [1.807, 2.05) is 36.4 Å². The second-order valence-electron chi connectivity index (χ2n) is 5.33. The Morgan fingerprint density at radius 3 is 2.96 bits per heavy atom. The van der Waals surface area contributed by atoms with Gasteiger partial charge in [-0.05, 0) is 42.8 Å². The highest BCUT2D eigenvalue weighted by Crippen LogP contribution is 2.31. The molecular weight excluding hydrogens is 404 g/mol. The fourth-order valence-electron chi connectivity index (χ4n) is 2.18. The minimum Gasteiger partial charge on any atom is -0.322 e. The van der Waals surface area contributed by atoms with Crippen molar-refractivity contribution < 1.29 is 4.79 Å². The molecule has 1 heterocycles. The van der Waals surface area contributed by atoms with Crippen LogP contribution in [-0.4, -0.2) is 16.6 Å². The summed E-state index contributed by atoms with van der Waals surface area (Å²) in [6.45, 7) is 2.19. The molecule has 0 fully saturated rings. The van der Waals surface area contributed by atoms with Gasteiger partial charge in [0.2, 0.25) is 0 Å². The summed E-state index contributed by atoms with van der Waals surface area (Å²) in [4.78, 5) is 17.0. The highest BCUT2D eigenvalue weighted by atomic mass is 79.9. The number of hydrogen-bond donors (Lipinski definition) is 1. The Bertz CT molecular complexity index is 863.